The SMILES string of the molecule is NCC1(CC(=O)NCCN2CCNCC2)CCCCC1. The Balaban J connectivity index is 1.66. The molecule has 4 N–H and O–H groups in total. The molecule has 0 aromatic heterocycles. The van der Waals surface area contributed by atoms with Crippen molar-refractivity contribution in [3.05, 3.63) is 0 Å². The van der Waals surface area contributed by atoms with Crippen molar-refractivity contribution in [2.24, 2.45) is 11.1 Å². The van der Waals surface area contributed by atoms with Crippen LogP contribution in [-0.2, 0) is 4.79 Å². The smallest absolute Gasteiger partial charge is 0.220 e. The van der Waals surface area contributed by atoms with Crippen molar-refractivity contribution in [3.8, 4) is 0 Å². The van der Waals surface area contributed by atoms with E-state index in [1.807, 2.05) is 0 Å². The molecule has 116 valence electrons. The van der Waals surface area contributed by atoms with E-state index in [0.29, 0.717) is 13.0 Å². The van der Waals surface area contributed by atoms with Gasteiger partial charge in [-0.15, -0.1) is 0 Å². The molecule has 1 saturated carbocycles. The topological polar surface area (TPSA) is 70.4 Å². The second-order valence-electron chi connectivity index (χ2n) is 6.38. The van der Waals surface area contributed by atoms with Gasteiger partial charge in [-0.3, -0.25) is 9.69 Å². The zero-order chi connectivity index (χ0) is 14.3. The summed E-state index contributed by atoms with van der Waals surface area (Å²) < 4.78 is 0. The maximum absolute atomic E-state index is 12.1. The maximum atomic E-state index is 12.1. The fourth-order valence-electron chi connectivity index (χ4n) is 3.45. The molecular formula is C15H30N4O. The summed E-state index contributed by atoms with van der Waals surface area (Å²) in [5.41, 5.74) is 6.02. The van der Waals surface area contributed by atoms with E-state index in [9.17, 15) is 4.79 Å². The third-order valence-corrected chi connectivity index (χ3v) is 4.84. The van der Waals surface area contributed by atoms with Gasteiger partial charge in [-0.1, -0.05) is 19.3 Å². The summed E-state index contributed by atoms with van der Waals surface area (Å²) in [7, 11) is 0. The Bertz CT molecular complexity index is 296. The van der Waals surface area contributed by atoms with E-state index in [1.165, 1.54) is 19.3 Å². The van der Waals surface area contributed by atoms with Crippen LogP contribution in [0.15, 0.2) is 0 Å². The Morgan fingerprint density at radius 3 is 2.55 bits per heavy atom. The molecule has 20 heavy (non-hydrogen) atoms. The molecule has 5 nitrogen and oxygen atoms in total. The van der Waals surface area contributed by atoms with E-state index in [1.54, 1.807) is 0 Å². The molecule has 0 atom stereocenters. The molecule has 0 radical (unpaired) electrons. The van der Waals surface area contributed by atoms with Gasteiger partial charge in [0.15, 0.2) is 0 Å². The third-order valence-electron chi connectivity index (χ3n) is 4.84. The maximum Gasteiger partial charge on any atom is 0.220 e. The van der Waals surface area contributed by atoms with Gasteiger partial charge in [-0.05, 0) is 24.8 Å². The molecule has 0 bridgehead atoms. The van der Waals surface area contributed by atoms with Gasteiger partial charge in [-0.2, -0.15) is 0 Å². The first-order valence-electron chi connectivity index (χ1n) is 8.14. The summed E-state index contributed by atoms with van der Waals surface area (Å²) in [4.78, 5) is 14.5. The quantitative estimate of drug-likeness (QED) is 0.656. The van der Waals surface area contributed by atoms with Gasteiger partial charge in [0.05, 0.1) is 0 Å². The summed E-state index contributed by atoms with van der Waals surface area (Å²) in [6.07, 6.45) is 6.61. The average Bonchev–Trinajstić information content (AvgIpc) is 2.49. The van der Waals surface area contributed by atoms with Crippen LogP contribution in [0, 0.1) is 5.41 Å². The predicted molar refractivity (Wildman–Crippen MR) is 81.5 cm³/mol. The number of amides is 1. The van der Waals surface area contributed by atoms with Gasteiger partial charge in [0, 0.05) is 45.7 Å². The van der Waals surface area contributed by atoms with Crippen molar-refractivity contribution in [1.29, 1.82) is 0 Å². The zero-order valence-corrected chi connectivity index (χ0v) is 12.6. The standard InChI is InChI=1S/C15H30N4O/c16-13-15(4-2-1-3-5-15)12-14(20)18-8-11-19-9-6-17-7-10-19/h17H,1-13,16H2,(H,18,20). The van der Waals surface area contributed by atoms with Crippen molar-refractivity contribution in [2.45, 2.75) is 38.5 Å². The fourth-order valence-corrected chi connectivity index (χ4v) is 3.45. The van der Waals surface area contributed by atoms with Gasteiger partial charge < -0.3 is 16.4 Å². The van der Waals surface area contributed by atoms with Crippen molar-refractivity contribution < 1.29 is 4.79 Å². The lowest BCUT2D eigenvalue weighted by molar-refractivity contribution is -0.123. The van der Waals surface area contributed by atoms with Crippen molar-refractivity contribution >= 4 is 5.91 Å². The Kier molecular flexibility index (Phi) is 6.26. The minimum Gasteiger partial charge on any atom is -0.355 e. The molecule has 1 aliphatic carbocycles. The fraction of sp³-hybridized carbons (Fsp3) is 0.933. The first-order valence-corrected chi connectivity index (χ1v) is 8.14. The van der Waals surface area contributed by atoms with Crippen LogP contribution in [0.25, 0.3) is 0 Å². The molecule has 0 aromatic rings. The van der Waals surface area contributed by atoms with Crippen LogP contribution in [0.1, 0.15) is 38.5 Å². The van der Waals surface area contributed by atoms with Crippen LogP contribution in [0.5, 0.6) is 0 Å². The van der Waals surface area contributed by atoms with Gasteiger partial charge in [0.2, 0.25) is 5.91 Å². The van der Waals surface area contributed by atoms with E-state index in [0.717, 1.165) is 52.1 Å². The number of hydrogen-bond donors (Lipinski definition) is 3. The molecule has 1 aliphatic heterocycles. The first kappa shape index (κ1) is 15.7. The van der Waals surface area contributed by atoms with Crippen LogP contribution in [0.3, 0.4) is 0 Å². The summed E-state index contributed by atoms with van der Waals surface area (Å²) >= 11 is 0. The van der Waals surface area contributed by atoms with E-state index in [2.05, 4.69) is 15.5 Å². The highest BCUT2D eigenvalue weighted by molar-refractivity contribution is 5.76. The van der Waals surface area contributed by atoms with Crippen molar-refractivity contribution in [1.82, 2.24) is 15.5 Å². The number of rotatable bonds is 6. The van der Waals surface area contributed by atoms with Gasteiger partial charge in [0.1, 0.15) is 0 Å². The first-order chi connectivity index (χ1) is 9.74. The second-order valence-corrected chi connectivity index (χ2v) is 6.38. The third kappa shape index (κ3) is 4.72. The number of piperazine rings is 1. The number of nitrogens with zero attached hydrogens (tertiary/aromatic N) is 1. The summed E-state index contributed by atoms with van der Waals surface area (Å²) in [5.74, 6) is 0.187. The predicted octanol–water partition coefficient (Wildman–Crippen LogP) is 0.307. The lowest BCUT2D eigenvalue weighted by atomic mass is 9.71. The molecular weight excluding hydrogens is 252 g/mol. The molecule has 1 amide bonds. The molecule has 5 heteroatoms. The molecule has 2 fully saturated rings. The number of carbonyl (C=O) groups is 1. The molecule has 0 spiro atoms. The lowest BCUT2D eigenvalue weighted by Crippen LogP contribution is -2.46. The van der Waals surface area contributed by atoms with Crippen LogP contribution < -0.4 is 16.4 Å². The minimum atomic E-state index is 0.0807. The van der Waals surface area contributed by atoms with Crippen LogP contribution in [0.4, 0.5) is 0 Å². The van der Waals surface area contributed by atoms with Gasteiger partial charge >= 0.3 is 0 Å². The normalized spacial score (nSPS) is 23.4. The number of nitrogens with one attached hydrogen (secondary N) is 2. The summed E-state index contributed by atoms with van der Waals surface area (Å²) in [6.45, 7) is 6.67. The van der Waals surface area contributed by atoms with Crippen molar-refractivity contribution in [2.75, 3.05) is 45.8 Å². The number of hydrogen-bond acceptors (Lipinski definition) is 4. The highest BCUT2D eigenvalue weighted by Crippen LogP contribution is 2.38. The summed E-state index contributed by atoms with van der Waals surface area (Å²) in [6, 6.07) is 0. The van der Waals surface area contributed by atoms with Crippen LogP contribution in [0.2, 0.25) is 0 Å². The van der Waals surface area contributed by atoms with E-state index in [-0.39, 0.29) is 11.3 Å². The Hall–Kier alpha value is -0.650. The van der Waals surface area contributed by atoms with Crippen LogP contribution in [-0.4, -0.2) is 56.6 Å². The number of nitrogens with two attached hydrogens (primary N) is 1. The Labute approximate surface area is 122 Å². The largest absolute Gasteiger partial charge is 0.355 e. The van der Waals surface area contributed by atoms with Crippen LogP contribution >= 0.6 is 0 Å². The Morgan fingerprint density at radius 1 is 1.20 bits per heavy atom. The summed E-state index contributed by atoms with van der Waals surface area (Å²) in [5, 5.41) is 6.42. The van der Waals surface area contributed by atoms with Gasteiger partial charge in [0.25, 0.3) is 0 Å². The molecule has 2 aliphatic rings. The Morgan fingerprint density at radius 2 is 1.90 bits per heavy atom. The van der Waals surface area contributed by atoms with E-state index in [4.69, 9.17) is 5.73 Å². The van der Waals surface area contributed by atoms with Crippen molar-refractivity contribution in [3.63, 3.8) is 0 Å². The highest BCUT2D eigenvalue weighted by atomic mass is 16.1. The molecule has 0 aromatic carbocycles. The zero-order valence-electron chi connectivity index (χ0n) is 12.6. The average molecular weight is 282 g/mol. The molecule has 1 heterocycles. The van der Waals surface area contributed by atoms with E-state index >= 15 is 0 Å². The monoisotopic (exact) mass is 282 g/mol. The van der Waals surface area contributed by atoms with E-state index < -0.39 is 0 Å². The lowest BCUT2D eigenvalue weighted by Gasteiger charge is -2.35. The molecule has 0 unspecified atom stereocenters. The number of carbonyl (C=O) groups excluding carboxylic acids is 1. The highest BCUT2D eigenvalue weighted by Gasteiger charge is 2.32. The molecule has 2 rings (SSSR count). The van der Waals surface area contributed by atoms with Gasteiger partial charge in [-0.25, -0.2) is 0 Å². The second kappa shape index (κ2) is 7.96. The molecule has 1 saturated heterocycles. The minimum absolute atomic E-state index is 0.0807.